The molecule has 27 heavy (non-hydrogen) atoms. The lowest BCUT2D eigenvalue weighted by atomic mass is 10.1. The number of benzene rings is 1. The fraction of sp³-hybridized carbons (Fsp3) is 0.619. The SMILES string of the molecule is O=C(CSC1CCCC1)N1CCN(C(=O)[C@H]2C[C@@H]2c2ccccc2O)CC1. The largest absolute Gasteiger partial charge is 0.508 e. The van der Waals surface area contributed by atoms with Gasteiger partial charge in [0.1, 0.15) is 5.75 Å². The summed E-state index contributed by atoms with van der Waals surface area (Å²) in [5.41, 5.74) is 0.883. The minimum atomic E-state index is -0.0153. The van der Waals surface area contributed by atoms with E-state index in [1.165, 1.54) is 25.7 Å². The van der Waals surface area contributed by atoms with Gasteiger partial charge in [-0.25, -0.2) is 0 Å². The Morgan fingerprint density at radius 3 is 2.41 bits per heavy atom. The van der Waals surface area contributed by atoms with Crippen LogP contribution in [0.3, 0.4) is 0 Å². The van der Waals surface area contributed by atoms with Crippen LogP contribution in [0.15, 0.2) is 24.3 Å². The van der Waals surface area contributed by atoms with Crippen molar-refractivity contribution in [3.05, 3.63) is 29.8 Å². The van der Waals surface area contributed by atoms with E-state index in [0.29, 0.717) is 37.2 Å². The predicted octanol–water partition coefficient (Wildman–Crippen LogP) is 2.84. The molecule has 2 amide bonds. The third-order valence-electron chi connectivity index (χ3n) is 6.13. The lowest BCUT2D eigenvalue weighted by Crippen LogP contribution is -2.51. The summed E-state index contributed by atoms with van der Waals surface area (Å²) in [7, 11) is 0. The van der Waals surface area contributed by atoms with Crippen molar-refractivity contribution in [2.45, 2.75) is 43.3 Å². The van der Waals surface area contributed by atoms with Crippen LogP contribution in [0.2, 0.25) is 0 Å². The zero-order chi connectivity index (χ0) is 18.8. The molecule has 3 aliphatic rings. The quantitative estimate of drug-likeness (QED) is 0.843. The maximum Gasteiger partial charge on any atom is 0.232 e. The van der Waals surface area contributed by atoms with Gasteiger partial charge < -0.3 is 14.9 Å². The number of rotatable bonds is 5. The van der Waals surface area contributed by atoms with Crippen LogP contribution in [0.25, 0.3) is 0 Å². The van der Waals surface area contributed by atoms with E-state index in [9.17, 15) is 14.7 Å². The zero-order valence-electron chi connectivity index (χ0n) is 15.7. The first-order chi connectivity index (χ1) is 13.1. The number of hydrogen-bond acceptors (Lipinski definition) is 4. The van der Waals surface area contributed by atoms with Crippen LogP contribution in [0.1, 0.15) is 43.6 Å². The average Bonchev–Trinajstić information content (AvgIpc) is 3.31. The topological polar surface area (TPSA) is 60.9 Å². The van der Waals surface area contributed by atoms with Crippen molar-refractivity contribution in [2.24, 2.45) is 5.92 Å². The van der Waals surface area contributed by atoms with Crippen molar-refractivity contribution < 1.29 is 14.7 Å². The Kier molecular flexibility index (Phi) is 5.62. The van der Waals surface area contributed by atoms with Crippen LogP contribution in [-0.2, 0) is 9.59 Å². The Morgan fingerprint density at radius 2 is 1.70 bits per heavy atom. The minimum absolute atomic E-state index is 0.0153. The molecule has 1 heterocycles. The van der Waals surface area contributed by atoms with Gasteiger partial charge in [-0.2, -0.15) is 0 Å². The molecule has 4 rings (SSSR count). The first kappa shape index (κ1) is 18.7. The van der Waals surface area contributed by atoms with Gasteiger partial charge in [0.2, 0.25) is 11.8 Å². The number of nitrogens with zero attached hydrogens (tertiary/aromatic N) is 2. The third kappa shape index (κ3) is 4.26. The molecule has 0 spiro atoms. The van der Waals surface area contributed by atoms with Crippen molar-refractivity contribution in [2.75, 3.05) is 31.9 Å². The molecule has 5 nitrogen and oxygen atoms in total. The van der Waals surface area contributed by atoms with E-state index in [1.807, 2.05) is 33.7 Å². The number of amides is 2. The fourth-order valence-electron chi connectivity index (χ4n) is 4.36. The third-order valence-corrected chi connectivity index (χ3v) is 7.49. The Labute approximate surface area is 165 Å². The van der Waals surface area contributed by atoms with Crippen molar-refractivity contribution in [3.63, 3.8) is 0 Å². The van der Waals surface area contributed by atoms with E-state index in [4.69, 9.17) is 0 Å². The highest BCUT2D eigenvalue weighted by Gasteiger charge is 2.47. The molecule has 0 unspecified atom stereocenters. The summed E-state index contributed by atoms with van der Waals surface area (Å²) in [6, 6.07) is 7.30. The Hall–Kier alpha value is -1.69. The van der Waals surface area contributed by atoms with E-state index in [-0.39, 0.29) is 29.4 Å². The van der Waals surface area contributed by atoms with Crippen LogP contribution >= 0.6 is 11.8 Å². The molecule has 0 bridgehead atoms. The number of carbonyl (C=O) groups is 2. The molecule has 146 valence electrons. The highest BCUT2D eigenvalue weighted by atomic mass is 32.2. The van der Waals surface area contributed by atoms with Crippen molar-refractivity contribution in [1.82, 2.24) is 9.80 Å². The maximum atomic E-state index is 12.8. The number of piperazine rings is 1. The molecule has 6 heteroatoms. The summed E-state index contributed by atoms with van der Waals surface area (Å²) in [6.45, 7) is 2.54. The average molecular weight is 389 g/mol. The van der Waals surface area contributed by atoms with Crippen molar-refractivity contribution in [1.29, 1.82) is 0 Å². The van der Waals surface area contributed by atoms with Gasteiger partial charge in [-0.05, 0) is 36.8 Å². The number of thioether (sulfide) groups is 1. The van der Waals surface area contributed by atoms with Gasteiger partial charge in [0.15, 0.2) is 0 Å². The van der Waals surface area contributed by atoms with Gasteiger partial charge in [-0.15, -0.1) is 11.8 Å². The van der Waals surface area contributed by atoms with Crippen molar-refractivity contribution in [3.8, 4) is 5.75 Å². The van der Waals surface area contributed by atoms with Gasteiger partial charge in [0, 0.05) is 37.3 Å². The highest BCUT2D eigenvalue weighted by molar-refractivity contribution is 8.00. The number of para-hydroxylation sites is 1. The second-order valence-corrected chi connectivity index (χ2v) is 9.22. The first-order valence-corrected chi connectivity index (χ1v) is 11.1. The molecule has 2 saturated carbocycles. The molecular weight excluding hydrogens is 360 g/mol. The van der Waals surface area contributed by atoms with E-state index >= 15 is 0 Å². The van der Waals surface area contributed by atoms with Gasteiger partial charge in [0.05, 0.1) is 5.75 Å². The van der Waals surface area contributed by atoms with E-state index in [0.717, 1.165) is 12.0 Å². The van der Waals surface area contributed by atoms with Gasteiger partial charge in [-0.1, -0.05) is 31.0 Å². The Balaban J connectivity index is 1.23. The van der Waals surface area contributed by atoms with Crippen LogP contribution in [-0.4, -0.2) is 63.9 Å². The number of hydrogen-bond donors (Lipinski definition) is 1. The molecule has 1 aromatic carbocycles. The number of aromatic hydroxyl groups is 1. The first-order valence-electron chi connectivity index (χ1n) is 10.1. The molecular formula is C21H28N2O3S. The van der Waals surface area contributed by atoms with Crippen LogP contribution < -0.4 is 0 Å². The summed E-state index contributed by atoms with van der Waals surface area (Å²) in [5, 5.41) is 10.6. The lowest BCUT2D eigenvalue weighted by molar-refractivity contribution is -0.139. The second kappa shape index (κ2) is 8.13. The van der Waals surface area contributed by atoms with E-state index in [2.05, 4.69) is 0 Å². The fourth-order valence-corrected chi connectivity index (χ4v) is 5.59. The summed E-state index contributed by atoms with van der Waals surface area (Å²) in [5.74, 6) is 1.39. The summed E-state index contributed by atoms with van der Waals surface area (Å²) < 4.78 is 0. The molecule has 1 aliphatic heterocycles. The molecule has 2 atom stereocenters. The normalized spacial score (nSPS) is 25.6. The number of phenols is 1. The zero-order valence-corrected chi connectivity index (χ0v) is 16.5. The molecule has 0 radical (unpaired) electrons. The molecule has 0 aromatic heterocycles. The Morgan fingerprint density at radius 1 is 1.04 bits per heavy atom. The summed E-state index contributed by atoms with van der Waals surface area (Å²) >= 11 is 1.81. The van der Waals surface area contributed by atoms with Gasteiger partial charge in [-0.3, -0.25) is 9.59 Å². The van der Waals surface area contributed by atoms with E-state index < -0.39 is 0 Å². The van der Waals surface area contributed by atoms with Crippen LogP contribution in [0.4, 0.5) is 0 Å². The van der Waals surface area contributed by atoms with Gasteiger partial charge in [0.25, 0.3) is 0 Å². The minimum Gasteiger partial charge on any atom is -0.508 e. The van der Waals surface area contributed by atoms with Gasteiger partial charge >= 0.3 is 0 Å². The highest BCUT2D eigenvalue weighted by Crippen LogP contribution is 2.51. The van der Waals surface area contributed by atoms with E-state index in [1.54, 1.807) is 12.1 Å². The molecule has 3 fully saturated rings. The van der Waals surface area contributed by atoms with Crippen LogP contribution in [0.5, 0.6) is 5.75 Å². The van der Waals surface area contributed by atoms with Crippen LogP contribution in [0, 0.1) is 5.92 Å². The summed E-state index contributed by atoms with van der Waals surface area (Å²) in [6.07, 6.45) is 5.91. The Bertz CT molecular complexity index is 696. The molecule has 1 saturated heterocycles. The second-order valence-electron chi connectivity index (χ2n) is 7.93. The lowest BCUT2D eigenvalue weighted by Gasteiger charge is -2.35. The monoisotopic (exact) mass is 388 g/mol. The predicted molar refractivity (Wildman–Crippen MR) is 107 cm³/mol. The maximum absolute atomic E-state index is 12.8. The van der Waals surface area contributed by atoms with Crippen molar-refractivity contribution >= 4 is 23.6 Å². The molecule has 1 N–H and O–H groups in total. The molecule has 1 aromatic rings. The number of carbonyl (C=O) groups excluding carboxylic acids is 2. The smallest absolute Gasteiger partial charge is 0.232 e. The molecule has 2 aliphatic carbocycles. The summed E-state index contributed by atoms with van der Waals surface area (Å²) in [4.78, 5) is 29.0. The standard InChI is InChI=1S/C21H28N2O3S/c24-19-8-4-3-7-16(19)17-13-18(17)21(26)23-11-9-22(10-12-23)20(25)14-27-15-5-1-2-6-15/h3-4,7-8,15,17-18,24H,1-2,5-6,9-14H2/t17-,18+/m1/s1. The number of phenolic OH excluding ortho intramolecular Hbond substituents is 1.